The van der Waals surface area contributed by atoms with E-state index in [-0.39, 0.29) is 5.91 Å². The van der Waals surface area contributed by atoms with Crippen LogP contribution in [0.2, 0.25) is 0 Å². The van der Waals surface area contributed by atoms with Crippen molar-refractivity contribution >= 4 is 17.4 Å². The number of rotatable bonds is 7. The first-order valence-electron chi connectivity index (χ1n) is 11.0. The van der Waals surface area contributed by atoms with Crippen LogP contribution < -0.4 is 19.7 Å². The first-order chi connectivity index (χ1) is 16.2. The summed E-state index contributed by atoms with van der Waals surface area (Å²) in [4.78, 5) is 26.1. The third kappa shape index (κ3) is 5.78. The number of aromatic nitrogens is 2. The molecule has 0 radical (unpaired) electrons. The molecule has 8 nitrogen and oxygen atoms in total. The van der Waals surface area contributed by atoms with Crippen molar-refractivity contribution in [3.63, 3.8) is 0 Å². The van der Waals surface area contributed by atoms with Crippen LogP contribution in [0.5, 0.6) is 11.5 Å². The number of nitrogens with zero attached hydrogens (tertiary/aromatic N) is 4. The average molecular weight is 448 g/mol. The van der Waals surface area contributed by atoms with Crippen LogP contribution in [-0.4, -0.2) is 61.2 Å². The largest absolute Gasteiger partial charge is 0.493 e. The van der Waals surface area contributed by atoms with Crippen molar-refractivity contribution in [1.82, 2.24) is 14.9 Å². The van der Waals surface area contributed by atoms with Gasteiger partial charge in [-0.15, -0.1) is 0 Å². The molecule has 172 valence electrons. The molecule has 1 aliphatic heterocycles. The molecule has 3 heterocycles. The van der Waals surface area contributed by atoms with Gasteiger partial charge in [-0.2, -0.15) is 0 Å². The van der Waals surface area contributed by atoms with Gasteiger partial charge in [-0.1, -0.05) is 0 Å². The van der Waals surface area contributed by atoms with Gasteiger partial charge in [-0.05, 0) is 54.4 Å². The number of hydrogen-bond donors (Lipinski definition) is 1. The van der Waals surface area contributed by atoms with Gasteiger partial charge >= 0.3 is 0 Å². The van der Waals surface area contributed by atoms with Crippen LogP contribution in [0, 0.1) is 0 Å². The fraction of sp³-hybridized carbons (Fsp3) is 0.320. The van der Waals surface area contributed by atoms with Crippen LogP contribution in [0.25, 0.3) is 0 Å². The second-order valence-corrected chi connectivity index (χ2v) is 7.90. The predicted octanol–water partition coefficient (Wildman–Crippen LogP) is 3.46. The van der Waals surface area contributed by atoms with E-state index < -0.39 is 0 Å². The summed E-state index contributed by atoms with van der Waals surface area (Å²) in [6.45, 7) is 4.83. The third-order valence-corrected chi connectivity index (χ3v) is 5.72. The lowest BCUT2D eigenvalue weighted by Crippen LogP contribution is -2.31. The van der Waals surface area contributed by atoms with Crippen LogP contribution in [0.4, 0.5) is 11.5 Å². The first-order valence-corrected chi connectivity index (χ1v) is 11.0. The summed E-state index contributed by atoms with van der Waals surface area (Å²) in [7, 11) is 3.11. The average Bonchev–Trinajstić information content (AvgIpc) is 3.10. The number of carbonyl (C=O) groups excluding carboxylic acids is 1. The van der Waals surface area contributed by atoms with Gasteiger partial charge in [-0.3, -0.25) is 14.7 Å². The topological polar surface area (TPSA) is 79.8 Å². The zero-order chi connectivity index (χ0) is 23.0. The summed E-state index contributed by atoms with van der Waals surface area (Å²) in [6.07, 6.45) is 6.46. The molecule has 1 N–H and O–H groups in total. The van der Waals surface area contributed by atoms with Crippen LogP contribution >= 0.6 is 0 Å². The van der Waals surface area contributed by atoms with E-state index in [1.54, 1.807) is 38.6 Å². The maximum atomic E-state index is 12.6. The van der Waals surface area contributed by atoms with Crippen molar-refractivity contribution in [2.24, 2.45) is 0 Å². The van der Waals surface area contributed by atoms with Crippen molar-refractivity contribution in [1.29, 1.82) is 0 Å². The normalized spacial score (nSPS) is 14.4. The molecule has 4 rings (SSSR count). The third-order valence-electron chi connectivity index (χ3n) is 5.72. The number of hydrogen-bond acceptors (Lipinski definition) is 7. The van der Waals surface area contributed by atoms with Gasteiger partial charge in [0.2, 0.25) is 0 Å². The first kappa shape index (κ1) is 22.5. The molecule has 0 spiro atoms. The van der Waals surface area contributed by atoms with Crippen LogP contribution in [0.15, 0.2) is 61.1 Å². The summed E-state index contributed by atoms with van der Waals surface area (Å²) >= 11 is 0. The number of pyridine rings is 2. The summed E-state index contributed by atoms with van der Waals surface area (Å²) in [5.41, 5.74) is 2.41. The smallest absolute Gasteiger partial charge is 0.255 e. The van der Waals surface area contributed by atoms with Gasteiger partial charge in [-0.25, -0.2) is 4.98 Å². The lowest BCUT2D eigenvalue weighted by molar-refractivity contribution is 0.102. The molecule has 1 aliphatic rings. The van der Waals surface area contributed by atoms with Gasteiger partial charge in [0.15, 0.2) is 11.5 Å². The Labute approximate surface area is 194 Å². The fourth-order valence-electron chi connectivity index (χ4n) is 3.93. The molecule has 1 amide bonds. The maximum Gasteiger partial charge on any atom is 0.255 e. The SMILES string of the molecule is COc1ccc(C(=O)Nc2ccc(N3CCCN(Cc4ccncc4)CC3)nc2)cc1OC. The Morgan fingerprint density at radius 2 is 1.79 bits per heavy atom. The highest BCUT2D eigenvalue weighted by Crippen LogP contribution is 2.28. The van der Waals surface area contributed by atoms with Gasteiger partial charge in [0.1, 0.15) is 5.82 Å². The Morgan fingerprint density at radius 3 is 2.52 bits per heavy atom. The van der Waals surface area contributed by atoms with E-state index >= 15 is 0 Å². The minimum absolute atomic E-state index is 0.230. The van der Waals surface area contributed by atoms with Gasteiger partial charge in [0, 0.05) is 50.7 Å². The van der Waals surface area contributed by atoms with Gasteiger partial charge in [0.05, 0.1) is 26.1 Å². The number of methoxy groups -OCH3 is 2. The molecular formula is C25H29N5O3. The van der Waals surface area contributed by atoms with Gasteiger partial charge in [0.25, 0.3) is 5.91 Å². The lowest BCUT2D eigenvalue weighted by atomic mass is 10.2. The molecule has 0 unspecified atom stereocenters. The maximum absolute atomic E-state index is 12.6. The van der Waals surface area contributed by atoms with Crippen LogP contribution in [-0.2, 0) is 6.54 Å². The zero-order valence-electron chi connectivity index (χ0n) is 19.0. The van der Waals surface area contributed by atoms with E-state index in [9.17, 15) is 4.79 Å². The summed E-state index contributed by atoms with van der Waals surface area (Å²) < 4.78 is 10.5. The summed E-state index contributed by atoms with van der Waals surface area (Å²) in [5.74, 6) is 1.78. The van der Waals surface area contributed by atoms with E-state index in [4.69, 9.17) is 9.47 Å². The Bertz CT molecular complexity index is 1060. The number of amides is 1. The Morgan fingerprint density at radius 1 is 0.970 bits per heavy atom. The lowest BCUT2D eigenvalue weighted by Gasteiger charge is -2.23. The highest BCUT2D eigenvalue weighted by Gasteiger charge is 2.17. The zero-order valence-corrected chi connectivity index (χ0v) is 19.0. The molecule has 1 aromatic carbocycles. The van der Waals surface area contributed by atoms with Crippen LogP contribution in [0.1, 0.15) is 22.3 Å². The number of ether oxygens (including phenoxy) is 2. The summed E-state index contributed by atoms with van der Waals surface area (Å²) in [6, 6.07) is 13.1. The number of carbonyl (C=O) groups is 1. The van der Waals surface area contributed by atoms with Crippen molar-refractivity contribution in [2.75, 3.05) is 50.6 Å². The minimum Gasteiger partial charge on any atom is -0.493 e. The number of benzene rings is 1. The van der Waals surface area contributed by atoms with Crippen molar-refractivity contribution in [2.45, 2.75) is 13.0 Å². The van der Waals surface area contributed by atoms with E-state index in [1.807, 2.05) is 24.5 Å². The molecule has 3 aromatic rings. The van der Waals surface area contributed by atoms with Crippen molar-refractivity contribution in [3.8, 4) is 11.5 Å². The minimum atomic E-state index is -0.230. The molecule has 1 fully saturated rings. The Kier molecular flexibility index (Phi) is 7.36. The molecule has 0 aliphatic carbocycles. The molecule has 8 heteroatoms. The van der Waals surface area contributed by atoms with Gasteiger partial charge < -0.3 is 19.7 Å². The molecule has 1 saturated heterocycles. The molecular weight excluding hydrogens is 418 g/mol. The highest BCUT2D eigenvalue weighted by atomic mass is 16.5. The van der Waals surface area contributed by atoms with E-state index in [2.05, 4.69) is 37.2 Å². The second-order valence-electron chi connectivity index (χ2n) is 7.90. The second kappa shape index (κ2) is 10.8. The number of nitrogens with one attached hydrogen (secondary N) is 1. The van der Waals surface area contributed by atoms with E-state index in [0.29, 0.717) is 22.7 Å². The standard InChI is InChI=1S/C25H29N5O3/c1-32-22-6-4-20(16-23(22)33-2)25(31)28-21-5-7-24(27-17-21)30-13-3-12-29(14-15-30)18-19-8-10-26-11-9-19/h4-11,16-17H,3,12-15,18H2,1-2H3,(H,28,31). The van der Waals surface area contributed by atoms with E-state index in [0.717, 1.165) is 45.0 Å². The molecule has 33 heavy (non-hydrogen) atoms. The quantitative estimate of drug-likeness (QED) is 0.594. The monoisotopic (exact) mass is 447 g/mol. The fourth-order valence-corrected chi connectivity index (χ4v) is 3.93. The summed E-state index contributed by atoms with van der Waals surface area (Å²) in [5, 5.41) is 2.89. The Balaban J connectivity index is 1.35. The molecule has 0 bridgehead atoms. The van der Waals surface area contributed by atoms with E-state index in [1.165, 1.54) is 5.56 Å². The van der Waals surface area contributed by atoms with Crippen LogP contribution in [0.3, 0.4) is 0 Å². The Hall–Kier alpha value is -3.65. The highest BCUT2D eigenvalue weighted by molar-refractivity contribution is 6.04. The molecule has 2 aromatic heterocycles. The van der Waals surface area contributed by atoms with Crippen molar-refractivity contribution in [3.05, 3.63) is 72.2 Å². The molecule has 0 atom stereocenters. The predicted molar refractivity (Wildman–Crippen MR) is 128 cm³/mol. The number of anilines is 2. The molecule has 0 saturated carbocycles. The van der Waals surface area contributed by atoms with Crippen molar-refractivity contribution < 1.29 is 14.3 Å².